The average Bonchev–Trinajstić information content (AvgIpc) is 3.32. The zero-order valence-corrected chi connectivity index (χ0v) is 22.7. The lowest BCUT2D eigenvalue weighted by Crippen LogP contribution is -2.17. The Kier molecular flexibility index (Phi) is 10.6. The molecule has 0 aliphatic rings. The molecule has 15 heteroatoms. The van der Waals surface area contributed by atoms with Crippen LogP contribution in [0.2, 0.25) is 0 Å². The Morgan fingerprint density at radius 1 is 0.923 bits per heavy atom. The van der Waals surface area contributed by atoms with Crippen molar-refractivity contribution in [3.63, 3.8) is 0 Å². The molecule has 2 N–H and O–H groups in total. The summed E-state index contributed by atoms with van der Waals surface area (Å²) in [6, 6.07) is 7.86. The van der Waals surface area contributed by atoms with Crippen molar-refractivity contribution in [2.24, 2.45) is 0 Å². The number of aromatic nitrogens is 2. The number of carbonyl (C=O) groups is 2. The number of hydrogen-bond acceptors (Lipinski definition) is 10. The van der Waals surface area contributed by atoms with Crippen LogP contribution < -0.4 is 29.6 Å². The molecule has 1 heterocycles. The Morgan fingerprint density at radius 3 is 2.10 bits per heavy atom. The molecule has 0 saturated carbocycles. The largest absolute Gasteiger partial charge is 0.573 e. The second-order valence-corrected chi connectivity index (χ2v) is 9.54. The van der Waals surface area contributed by atoms with Crippen LogP contribution >= 0.6 is 23.1 Å². The lowest BCUT2D eigenvalue weighted by molar-refractivity contribution is -0.274. The highest BCUT2D eigenvalue weighted by Gasteiger charge is 2.31. The van der Waals surface area contributed by atoms with Crippen LogP contribution in [0.5, 0.6) is 23.0 Å². The summed E-state index contributed by atoms with van der Waals surface area (Å²) in [4.78, 5) is 25.1. The van der Waals surface area contributed by atoms with E-state index < -0.39 is 23.9 Å². The molecule has 0 atom stereocenters. The van der Waals surface area contributed by atoms with Crippen molar-refractivity contribution in [2.45, 2.75) is 31.5 Å². The quantitative estimate of drug-likeness (QED) is 0.194. The molecule has 0 aliphatic carbocycles. The fourth-order valence-electron chi connectivity index (χ4n) is 3.07. The van der Waals surface area contributed by atoms with Gasteiger partial charge in [-0.1, -0.05) is 23.1 Å². The number of rotatable bonds is 13. The first kappa shape index (κ1) is 29.8. The van der Waals surface area contributed by atoms with Crippen LogP contribution in [0.3, 0.4) is 0 Å². The number of ether oxygens (including phenoxy) is 4. The molecule has 0 bridgehead atoms. The number of amides is 2. The molecular formula is C24H25F3N4O6S2. The molecule has 0 unspecified atom stereocenters. The Morgan fingerprint density at radius 2 is 1.54 bits per heavy atom. The molecule has 2 amide bonds. The van der Waals surface area contributed by atoms with E-state index in [9.17, 15) is 22.8 Å². The van der Waals surface area contributed by atoms with Gasteiger partial charge in [-0.2, -0.15) is 0 Å². The van der Waals surface area contributed by atoms with E-state index in [1.165, 1.54) is 12.1 Å². The van der Waals surface area contributed by atoms with E-state index in [-0.39, 0.29) is 16.4 Å². The van der Waals surface area contributed by atoms with Gasteiger partial charge in [0.2, 0.25) is 16.8 Å². The standard InChI is InChI=1S/C24H25F3N4O6S2/c1-4-34-17-11-14(12-18(35-5-2)20(17)36-6-3)21(33)29-22-30-31-23(39-22)38-13-19(32)28-15-7-9-16(10-8-15)37-24(25,26)27/h7-12H,4-6,13H2,1-3H3,(H,28,32)(H,29,30,33). The van der Waals surface area contributed by atoms with Gasteiger partial charge in [-0.05, 0) is 57.2 Å². The number of halogens is 3. The van der Waals surface area contributed by atoms with Crippen LogP contribution in [0.25, 0.3) is 0 Å². The van der Waals surface area contributed by atoms with Crippen LogP contribution in [0, 0.1) is 0 Å². The molecule has 0 spiro atoms. The van der Waals surface area contributed by atoms with Gasteiger partial charge in [0.25, 0.3) is 5.91 Å². The Labute approximate surface area is 230 Å². The molecule has 3 rings (SSSR count). The van der Waals surface area contributed by atoms with E-state index in [1.54, 1.807) is 12.1 Å². The second kappa shape index (κ2) is 13.9. The molecule has 1 aromatic heterocycles. The summed E-state index contributed by atoms with van der Waals surface area (Å²) in [5.41, 5.74) is 0.564. The normalized spacial score (nSPS) is 11.0. The highest BCUT2D eigenvalue weighted by molar-refractivity contribution is 8.01. The van der Waals surface area contributed by atoms with Crippen LogP contribution in [0.4, 0.5) is 24.0 Å². The molecule has 2 aromatic carbocycles. The molecule has 0 radical (unpaired) electrons. The van der Waals surface area contributed by atoms with Crippen molar-refractivity contribution >= 4 is 45.7 Å². The summed E-state index contributed by atoms with van der Waals surface area (Å²) in [7, 11) is 0. The number of benzene rings is 2. The van der Waals surface area contributed by atoms with Gasteiger partial charge >= 0.3 is 6.36 Å². The number of nitrogens with one attached hydrogen (secondary N) is 2. The summed E-state index contributed by atoms with van der Waals surface area (Å²) < 4.78 is 57.9. The van der Waals surface area contributed by atoms with E-state index in [0.29, 0.717) is 47.1 Å². The van der Waals surface area contributed by atoms with E-state index in [0.717, 1.165) is 35.2 Å². The van der Waals surface area contributed by atoms with Crippen molar-refractivity contribution in [1.82, 2.24) is 10.2 Å². The smallest absolute Gasteiger partial charge is 0.490 e. The van der Waals surface area contributed by atoms with Crippen molar-refractivity contribution < 1.29 is 41.7 Å². The molecule has 210 valence electrons. The molecule has 0 saturated heterocycles. The number of thioether (sulfide) groups is 1. The van der Waals surface area contributed by atoms with Gasteiger partial charge in [0.05, 0.1) is 25.6 Å². The van der Waals surface area contributed by atoms with Gasteiger partial charge in [0.1, 0.15) is 5.75 Å². The van der Waals surface area contributed by atoms with E-state index >= 15 is 0 Å². The third-order valence-electron chi connectivity index (χ3n) is 4.50. The summed E-state index contributed by atoms with van der Waals surface area (Å²) in [6.07, 6.45) is -4.80. The fourth-order valence-corrected chi connectivity index (χ4v) is 4.62. The number of carbonyl (C=O) groups excluding carboxylic acids is 2. The van der Waals surface area contributed by atoms with Gasteiger partial charge in [-0.15, -0.1) is 23.4 Å². The SMILES string of the molecule is CCOc1cc(C(=O)Nc2nnc(SCC(=O)Nc3ccc(OC(F)(F)F)cc3)s2)cc(OCC)c1OCC. The van der Waals surface area contributed by atoms with Crippen molar-refractivity contribution in [3.05, 3.63) is 42.0 Å². The van der Waals surface area contributed by atoms with Crippen molar-refractivity contribution in [3.8, 4) is 23.0 Å². The first-order valence-electron chi connectivity index (χ1n) is 11.6. The molecule has 0 aliphatic heterocycles. The average molecular weight is 587 g/mol. The van der Waals surface area contributed by atoms with Crippen molar-refractivity contribution in [2.75, 3.05) is 36.2 Å². The molecule has 39 heavy (non-hydrogen) atoms. The third-order valence-corrected chi connectivity index (χ3v) is 6.47. The topological polar surface area (TPSA) is 121 Å². The summed E-state index contributed by atoms with van der Waals surface area (Å²) >= 11 is 2.15. The first-order chi connectivity index (χ1) is 18.6. The molecule has 10 nitrogen and oxygen atoms in total. The second-order valence-electron chi connectivity index (χ2n) is 7.34. The Balaban J connectivity index is 1.58. The van der Waals surface area contributed by atoms with Gasteiger partial charge < -0.3 is 24.3 Å². The van der Waals surface area contributed by atoms with Crippen LogP contribution in [-0.2, 0) is 4.79 Å². The van der Waals surface area contributed by atoms with E-state index in [4.69, 9.17) is 14.2 Å². The fraction of sp³-hybridized carbons (Fsp3) is 0.333. The van der Waals surface area contributed by atoms with Gasteiger partial charge in [-0.25, -0.2) is 0 Å². The Hall–Kier alpha value is -3.72. The third kappa shape index (κ3) is 9.21. The predicted octanol–water partition coefficient (Wildman–Crippen LogP) is 5.62. The molecule has 3 aromatic rings. The minimum Gasteiger partial charge on any atom is -0.490 e. The highest BCUT2D eigenvalue weighted by atomic mass is 32.2. The zero-order valence-electron chi connectivity index (χ0n) is 21.1. The Bertz CT molecular complexity index is 1240. The summed E-state index contributed by atoms with van der Waals surface area (Å²) in [6.45, 7) is 6.56. The highest BCUT2D eigenvalue weighted by Crippen LogP contribution is 2.39. The van der Waals surface area contributed by atoms with E-state index in [2.05, 4.69) is 25.6 Å². The number of hydrogen-bond donors (Lipinski definition) is 2. The van der Waals surface area contributed by atoms with Crippen LogP contribution in [-0.4, -0.2) is 53.9 Å². The molecular weight excluding hydrogens is 561 g/mol. The monoisotopic (exact) mass is 586 g/mol. The maximum Gasteiger partial charge on any atom is 0.573 e. The summed E-state index contributed by atoms with van der Waals surface area (Å²) in [5.74, 6) is -0.162. The number of anilines is 2. The first-order valence-corrected chi connectivity index (χ1v) is 13.4. The summed E-state index contributed by atoms with van der Waals surface area (Å²) in [5, 5.41) is 13.3. The number of nitrogens with zero attached hydrogens (tertiary/aromatic N) is 2. The maximum atomic E-state index is 12.9. The van der Waals surface area contributed by atoms with Crippen molar-refractivity contribution in [1.29, 1.82) is 0 Å². The molecule has 0 fully saturated rings. The number of alkyl halides is 3. The maximum absolute atomic E-state index is 12.9. The van der Waals surface area contributed by atoms with E-state index in [1.807, 2.05) is 20.8 Å². The minimum atomic E-state index is -4.80. The minimum absolute atomic E-state index is 0.0439. The van der Waals surface area contributed by atoms with Gasteiger partial charge in [0, 0.05) is 11.3 Å². The van der Waals surface area contributed by atoms with Crippen LogP contribution in [0.1, 0.15) is 31.1 Å². The van der Waals surface area contributed by atoms with Gasteiger partial charge in [0.15, 0.2) is 15.8 Å². The van der Waals surface area contributed by atoms with Crippen LogP contribution in [0.15, 0.2) is 40.7 Å². The lowest BCUT2D eigenvalue weighted by atomic mass is 10.1. The predicted molar refractivity (Wildman–Crippen MR) is 140 cm³/mol. The zero-order chi connectivity index (χ0) is 28.4. The van der Waals surface area contributed by atoms with Gasteiger partial charge in [-0.3, -0.25) is 14.9 Å². The lowest BCUT2D eigenvalue weighted by Gasteiger charge is -2.16.